The highest BCUT2D eigenvalue weighted by Gasteiger charge is 2.31. The molecular formula is C25H25N3O5S. The summed E-state index contributed by atoms with van der Waals surface area (Å²) < 4.78 is 9.60. The fraction of sp³-hybridized carbons (Fsp3) is 0.280. The second kappa shape index (κ2) is 9.64. The van der Waals surface area contributed by atoms with Crippen LogP contribution in [0.4, 0.5) is 9.80 Å². The molecule has 2 N–H and O–H groups in total. The Kier molecular flexibility index (Phi) is 6.65. The van der Waals surface area contributed by atoms with Crippen molar-refractivity contribution in [3.63, 3.8) is 0 Å². The van der Waals surface area contributed by atoms with Crippen LogP contribution in [-0.4, -0.2) is 47.1 Å². The van der Waals surface area contributed by atoms with Crippen molar-refractivity contribution < 1.29 is 24.2 Å². The average Bonchev–Trinajstić information content (AvgIpc) is 3.38. The lowest BCUT2D eigenvalue weighted by atomic mass is 9.98. The van der Waals surface area contributed by atoms with Gasteiger partial charge in [-0.25, -0.2) is 9.59 Å². The maximum atomic E-state index is 13.0. The number of carboxylic acid groups (broad SMARTS) is 1. The Labute approximate surface area is 201 Å². The zero-order chi connectivity index (χ0) is 24.4. The lowest BCUT2D eigenvalue weighted by Gasteiger charge is -2.23. The zero-order valence-corrected chi connectivity index (χ0v) is 19.9. The van der Waals surface area contributed by atoms with Crippen LogP contribution >= 0.6 is 11.5 Å². The number of ether oxygens (including phenoxy) is 1. The molecule has 8 nitrogen and oxygen atoms in total. The number of alkyl carbamates (subject to hydrolysis) is 1. The first kappa shape index (κ1) is 23.4. The van der Waals surface area contributed by atoms with E-state index in [9.17, 15) is 19.5 Å². The number of anilines is 1. The first-order valence-corrected chi connectivity index (χ1v) is 11.7. The van der Waals surface area contributed by atoms with Crippen LogP contribution in [0, 0.1) is 6.92 Å². The minimum Gasteiger partial charge on any atom is -0.478 e. The first-order valence-electron chi connectivity index (χ1n) is 10.9. The molecule has 0 bridgehead atoms. The Balaban J connectivity index is 1.43. The van der Waals surface area contributed by atoms with Gasteiger partial charge in [0.1, 0.15) is 23.2 Å². The van der Waals surface area contributed by atoms with Gasteiger partial charge in [-0.05, 0) is 47.1 Å². The third-order valence-electron chi connectivity index (χ3n) is 6.04. The monoisotopic (exact) mass is 479 g/mol. The summed E-state index contributed by atoms with van der Waals surface area (Å²) in [7, 11) is 1.48. The van der Waals surface area contributed by atoms with Crippen molar-refractivity contribution in [2.75, 3.05) is 18.6 Å². The first-order chi connectivity index (χ1) is 16.3. The Morgan fingerprint density at radius 1 is 1.12 bits per heavy atom. The van der Waals surface area contributed by atoms with Crippen molar-refractivity contribution >= 4 is 34.5 Å². The van der Waals surface area contributed by atoms with Gasteiger partial charge in [0.2, 0.25) is 5.91 Å². The number of aromatic carboxylic acids is 1. The highest BCUT2D eigenvalue weighted by Crippen LogP contribution is 2.44. The van der Waals surface area contributed by atoms with Crippen LogP contribution in [0.1, 0.15) is 46.4 Å². The van der Waals surface area contributed by atoms with Crippen LogP contribution < -0.4 is 10.2 Å². The van der Waals surface area contributed by atoms with Gasteiger partial charge in [-0.1, -0.05) is 55.5 Å². The molecule has 0 fully saturated rings. The maximum absolute atomic E-state index is 13.0. The summed E-state index contributed by atoms with van der Waals surface area (Å²) in [6, 6.07) is 15.2. The summed E-state index contributed by atoms with van der Waals surface area (Å²) in [5.74, 6) is -1.68. The number of nitrogens with one attached hydrogen (secondary N) is 1. The van der Waals surface area contributed by atoms with E-state index >= 15 is 0 Å². The highest BCUT2D eigenvalue weighted by molar-refractivity contribution is 7.11. The summed E-state index contributed by atoms with van der Waals surface area (Å²) in [6.45, 7) is 3.47. The molecular weight excluding hydrogens is 454 g/mol. The molecule has 1 aromatic heterocycles. The molecule has 1 heterocycles. The van der Waals surface area contributed by atoms with Crippen LogP contribution in [-0.2, 0) is 9.53 Å². The summed E-state index contributed by atoms with van der Waals surface area (Å²) in [4.78, 5) is 38.5. The fourth-order valence-corrected chi connectivity index (χ4v) is 5.14. The SMILES string of the molecule is CC[C@H](NC(=O)OCC1c2ccccc2-c2ccccc21)C(=O)N(C)c1snc(C)c1C(=O)O. The number of aromatic nitrogens is 1. The molecule has 1 atom stereocenters. The van der Waals surface area contributed by atoms with Crippen molar-refractivity contribution in [2.45, 2.75) is 32.2 Å². The smallest absolute Gasteiger partial charge is 0.407 e. The topological polar surface area (TPSA) is 109 Å². The number of nitrogens with zero attached hydrogens (tertiary/aromatic N) is 2. The van der Waals surface area contributed by atoms with Gasteiger partial charge in [-0.2, -0.15) is 4.37 Å². The second-order valence-corrected chi connectivity index (χ2v) is 8.83. The van der Waals surface area contributed by atoms with Gasteiger partial charge in [0.05, 0.1) is 5.69 Å². The van der Waals surface area contributed by atoms with E-state index in [-0.39, 0.29) is 23.1 Å². The van der Waals surface area contributed by atoms with Crippen LogP contribution in [0.3, 0.4) is 0 Å². The third-order valence-corrected chi connectivity index (χ3v) is 7.05. The zero-order valence-electron chi connectivity index (χ0n) is 19.1. The Hall–Kier alpha value is -3.72. The fourth-order valence-electron chi connectivity index (χ4n) is 4.29. The van der Waals surface area contributed by atoms with Crippen LogP contribution in [0.5, 0.6) is 0 Å². The lowest BCUT2D eigenvalue weighted by molar-refractivity contribution is -0.120. The second-order valence-electron chi connectivity index (χ2n) is 8.08. The molecule has 0 aliphatic heterocycles. The quantitative estimate of drug-likeness (QED) is 0.519. The highest BCUT2D eigenvalue weighted by atomic mass is 32.1. The van der Waals surface area contributed by atoms with Crippen LogP contribution in [0.15, 0.2) is 48.5 Å². The van der Waals surface area contributed by atoms with E-state index in [1.807, 2.05) is 36.4 Å². The molecule has 176 valence electrons. The molecule has 2 amide bonds. The molecule has 9 heteroatoms. The number of benzene rings is 2. The number of fused-ring (bicyclic) bond motifs is 3. The number of hydrogen-bond donors (Lipinski definition) is 2. The number of carboxylic acids is 1. The predicted octanol–water partition coefficient (Wildman–Crippen LogP) is 4.43. The van der Waals surface area contributed by atoms with Gasteiger partial charge in [-0.3, -0.25) is 4.79 Å². The largest absolute Gasteiger partial charge is 0.478 e. The predicted molar refractivity (Wildman–Crippen MR) is 130 cm³/mol. The molecule has 0 spiro atoms. The van der Waals surface area contributed by atoms with E-state index in [1.165, 1.54) is 11.9 Å². The minimum atomic E-state index is -1.15. The molecule has 0 saturated heterocycles. The summed E-state index contributed by atoms with van der Waals surface area (Å²) in [5, 5.41) is 12.3. The van der Waals surface area contributed by atoms with E-state index in [1.54, 1.807) is 13.8 Å². The van der Waals surface area contributed by atoms with Crippen molar-refractivity contribution in [3.8, 4) is 11.1 Å². The molecule has 0 radical (unpaired) electrons. The summed E-state index contributed by atoms with van der Waals surface area (Å²) in [5.41, 5.74) is 4.78. The number of hydrogen-bond acceptors (Lipinski definition) is 6. The summed E-state index contributed by atoms with van der Waals surface area (Å²) >= 11 is 0.932. The standard InChI is InChI=1S/C25H25N3O5S/c1-4-20(22(29)28(3)23-21(24(30)31)14(2)27-34-23)26-25(32)33-13-19-17-11-7-5-9-15(17)16-10-6-8-12-18(16)19/h5-12,19-20H,4,13H2,1-3H3,(H,26,32)(H,30,31)/t20-/m0/s1. The third kappa shape index (κ3) is 4.26. The molecule has 0 unspecified atom stereocenters. The average molecular weight is 480 g/mol. The molecule has 34 heavy (non-hydrogen) atoms. The minimum absolute atomic E-state index is 0.0168. The normalized spacial score (nSPS) is 13.0. The van der Waals surface area contributed by atoms with Gasteiger partial charge >= 0.3 is 12.1 Å². The van der Waals surface area contributed by atoms with Crippen molar-refractivity contribution in [2.24, 2.45) is 0 Å². The number of amides is 2. The lowest BCUT2D eigenvalue weighted by Crippen LogP contribution is -2.47. The molecule has 0 saturated carbocycles. The van der Waals surface area contributed by atoms with E-state index < -0.39 is 24.0 Å². The molecule has 1 aliphatic rings. The van der Waals surface area contributed by atoms with Crippen molar-refractivity contribution in [1.29, 1.82) is 0 Å². The van der Waals surface area contributed by atoms with Gasteiger partial charge < -0.3 is 20.1 Å². The molecule has 2 aromatic carbocycles. The van der Waals surface area contributed by atoms with E-state index in [4.69, 9.17) is 4.74 Å². The Morgan fingerprint density at radius 3 is 2.26 bits per heavy atom. The Bertz CT molecular complexity index is 1210. The van der Waals surface area contributed by atoms with Gasteiger partial charge in [0.15, 0.2) is 0 Å². The van der Waals surface area contributed by atoms with Crippen molar-refractivity contribution in [3.05, 3.63) is 70.9 Å². The van der Waals surface area contributed by atoms with E-state index in [2.05, 4.69) is 21.8 Å². The molecule has 3 aromatic rings. The Morgan fingerprint density at radius 2 is 1.71 bits per heavy atom. The van der Waals surface area contributed by atoms with Crippen LogP contribution in [0.25, 0.3) is 11.1 Å². The number of carbonyl (C=O) groups is 3. The van der Waals surface area contributed by atoms with E-state index in [0.29, 0.717) is 12.1 Å². The van der Waals surface area contributed by atoms with Crippen LogP contribution in [0.2, 0.25) is 0 Å². The summed E-state index contributed by atoms with van der Waals surface area (Å²) in [6.07, 6.45) is -0.387. The number of likely N-dealkylation sites (N-methyl/N-ethyl adjacent to an activating group) is 1. The molecule has 4 rings (SSSR count). The number of rotatable bonds is 7. The van der Waals surface area contributed by atoms with Gasteiger partial charge in [-0.15, -0.1) is 0 Å². The van der Waals surface area contributed by atoms with Gasteiger partial charge in [0, 0.05) is 13.0 Å². The van der Waals surface area contributed by atoms with Crippen molar-refractivity contribution in [1.82, 2.24) is 9.69 Å². The van der Waals surface area contributed by atoms with E-state index in [0.717, 1.165) is 33.8 Å². The number of aryl methyl sites for hydroxylation is 1. The van der Waals surface area contributed by atoms with Gasteiger partial charge in [0.25, 0.3) is 0 Å². The maximum Gasteiger partial charge on any atom is 0.407 e. The molecule has 1 aliphatic carbocycles. The number of carbonyl (C=O) groups excluding carboxylic acids is 2.